The van der Waals surface area contributed by atoms with Crippen LogP contribution in [0.2, 0.25) is 5.28 Å². The average Bonchev–Trinajstić information content (AvgIpc) is 2.64. The van der Waals surface area contributed by atoms with Gasteiger partial charge in [0.05, 0.1) is 6.20 Å². The summed E-state index contributed by atoms with van der Waals surface area (Å²) in [6, 6.07) is 0. The van der Waals surface area contributed by atoms with Crippen LogP contribution < -0.4 is 10.2 Å². The number of hydrogen-bond donors (Lipinski definition) is 1. The van der Waals surface area contributed by atoms with E-state index in [-0.39, 0.29) is 11.2 Å². The Hall–Kier alpha value is -1.36. The average molecular weight is 239 g/mol. The Morgan fingerprint density at radius 3 is 3.25 bits per heavy atom. The minimum atomic E-state index is -0.481. The van der Waals surface area contributed by atoms with Gasteiger partial charge in [0.2, 0.25) is 11.2 Å². The molecular formula is C10H11ClN4O. The van der Waals surface area contributed by atoms with Crippen LogP contribution in [0.1, 0.15) is 19.8 Å². The molecule has 1 saturated heterocycles. The summed E-state index contributed by atoms with van der Waals surface area (Å²) in [5.74, 6) is 0.753. The number of nitrogens with zero attached hydrogens (tertiary/aromatic N) is 3. The molecule has 1 aromatic heterocycles. The second kappa shape index (κ2) is 3.07. The topological polar surface area (TPSA) is 58.1 Å². The van der Waals surface area contributed by atoms with Gasteiger partial charge in [-0.15, -0.1) is 0 Å². The Bertz CT molecular complexity index is 478. The van der Waals surface area contributed by atoms with E-state index in [2.05, 4.69) is 15.3 Å². The zero-order chi connectivity index (χ0) is 11.3. The van der Waals surface area contributed by atoms with E-state index in [1.807, 2.05) is 11.8 Å². The molecule has 2 aliphatic rings. The summed E-state index contributed by atoms with van der Waals surface area (Å²) >= 11 is 5.79. The number of amides is 1. The first-order valence-electron chi connectivity index (χ1n) is 5.23. The number of anilines is 2. The molecule has 5 nitrogen and oxygen atoms in total. The predicted octanol–water partition coefficient (Wildman–Crippen LogP) is 1.44. The molecule has 1 amide bonds. The van der Waals surface area contributed by atoms with Gasteiger partial charge in [0.25, 0.3) is 0 Å². The lowest BCUT2D eigenvalue weighted by atomic mass is 9.96. The number of fused-ring (bicyclic) bond motifs is 3. The van der Waals surface area contributed by atoms with Gasteiger partial charge in [-0.25, -0.2) is 4.98 Å². The molecule has 2 aliphatic heterocycles. The highest BCUT2D eigenvalue weighted by Gasteiger charge is 2.47. The Morgan fingerprint density at radius 2 is 2.44 bits per heavy atom. The third-order valence-corrected chi connectivity index (χ3v) is 3.56. The summed E-state index contributed by atoms with van der Waals surface area (Å²) in [7, 11) is 0. The van der Waals surface area contributed by atoms with Gasteiger partial charge in [-0.2, -0.15) is 4.98 Å². The zero-order valence-corrected chi connectivity index (χ0v) is 9.58. The molecule has 1 atom stereocenters. The van der Waals surface area contributed by atoms with Crippen LogP contribution in [0.25, 0.3) is 0 Å². The van der Waals surface area contributed by atoms with Crippen LogP contribution in [-0.2, 0) is 4.79 Å². The summed E-state index contributed by atoms with van der Waals surface area (Å²) in [4.78, 5) is 22.1. The molecule has 0 radical (unpaired) electrons. The highest BCUT2D eigenvalue weighted by atomic mass is 35.5. The molecule has 1 aromatic rings. The van der Waals surface area contributed by atoms with Crippen LogP contribution in [-0.4, -0.2) is 28.0 Å². The van der Waals surface area contributed by atoms with Crippen molar-refractivity contribution >= 4 is 29.0 Å². The van der Waals surface area contributed by atoms with Gasteiger partial charge in [0.15, 0.2) is 5.82 Å². The van der Waals surface area contributed by atoms with Crippen molar-refractivity contribution in [3.63, 3.8) is 0 Å². The number of nitrogens with one attached hydrogen (secondary N) is 1. The summed E-state index contributed by atoms with van der Waals surface area (Å²) in [6.07, 6.45) is 3.39. The largest absolute Gasteiger partial charge is 0.340 e. The van der Waals surface area contributed by atoms with E-state index in [1.165, 1.54) is 0 Å². The normalized spacial score (nSPS) is 27.4. The molecular weight excluding hydrogens is 228 g/mol. The second-order valence-electron chi connectivity index (χ2n) is 4.36. The molecule has 6 heteroatoms. The van der Waals surface area contributed by atoms with E-state index in [9.17, 15) is 4.79 Å². The predicted molar refractivity (Wildman–Crippen MR) is 60.7 cm³/mol. The first-order chi connectivity index (χ1) is 7.61. The third-order valence-electron chi connectivity index (χ3n) is 3.37. The van der Waals surface area contributed by atoms with Crippen molar-refractivity contribution in [2.75, 3.05) is 16.8 Å². The zero-order valence-electron chi connectivity index (χ0n) is 8.83. The van der Waals surface area contributed by atoms with E-state index in [0.29, 0.717) is 5.69 Å². The van der Waals surface area contributed by atoms with Crippen LogP contribution in [0.4, 0.5) is 11.5 Å². The highest BCUT2D eigenvalue weighted by Crippen LogP contribution is 2.41. The smallest absolute Gasteiger partial charge is 0.250 e. The van der Waals surface area contributed by atoms with Gasteiger partial charge in [-0.3, -0.25) is 4.79 Å². The molecule has 0 aromatic carbocycles. The summed E-state index contributed by atoms with van der Waals surface area (Å²) in [5.41, 5.74) is 0.166. The fourth-order valence-electron chi connectivity index (χ4n) is 2.44. The van der Waals surface area contributed by atoms with Gasteiger partial charge in [0.1, 0.15) is 11.2 Å². The Kier molecular flexibility index (Phi) is 1.89. The lowest BCUT2D eigenvalue weighted by Gasteiger charge is -2.39. The van der Waals surface area contributed by atoms with Crippen molar-refractivity contribution in [3.05, 3.63) is 11.5 Å². The minimum absolute atomic E-state index is 0.0171. The van der Waals surface area contributed by atoms with Crippen molar-refractivity contribution in [1.82, 2.24) is 9.97 Å². The summed E-state index contributed by atoms with van der Waals surface area (Å²) in [6.45, 7) is 2.78. The monoisotopic (exact) mass is 238 g/mol. The van der Waals surface area contributed by atoms with E-state index in [4.69, 9.17) is 11.6 Å². The number of halogens is 1. The van der Waals surface area contributed by atoms with Gasteiger partial charge in [0, 0.05) is 6.54 Å². The van der Waals surface area contributed by atoms with Crippen molar-refractivity contribution in [1.29, 1.82) is 0 Å². The lowest BCUT2D eigenvalue weighted by Crippen LogP contribution is -2.54. The maximum Gasteiger partial charge on any atom is 0.250 e. The maximum absolute atomic E-state index is 12.0. The standard InChI is InChI=1S/C10H11ClN4O/c1-10-3-2-4-15(10)7-6(13-8(10)16)5-12-9(11)14-7/h5H,2-4H2,1H3,(H,13,16)/t10-/m0/s1. The summed E-state index contributed by atoms with van der Waals surface area (Å²) < 4.78 is 0. The van der Waals surface area contributed by atoms with E-state index in [0.717, 1.165) is 25.2 Å². The third kappa shape index (κ3) is 1.15. The van der Waals surface area contributed by atoms with Crippen molar-refractivity contribution < 1.29 is 4.79 Å². The van der Waals surface area contributed by atoms with Crippen molar-refractivity contribution in [2.24, 2.45) is 0 Å². The van der Waals surface area contributed by atoms with Gasteiger partial charge >= 0.3 is 0 Å². The number of aromatic nitrogens is 2. The molecule has 0 unspecified atom stereocenters. The van der Waals surface area contributed by atoms with Gasteiger partial charge in [-0.1, -0.05) is 0 Å². The maximum atomic E-state index is 12.0. The fraction of sp³-hybridized carbons (Fsp3) is 0.500. The molecule has 3 rings (SSSR count). The molecule has 16 heavy (non-hydrogen) atoms. The van der Waals surface area contributed by atoms with Crippen LogP contribution in [0.5, 0.6) is 0 Å². The lowest BCUT2D eigenvalue weighted by molar-refractivity contribution is -0.120. The molecule has 0 aliphatic carbocycles. The minimum Gasteiger partial charge on any atom is -0.340 e. The number of carbonyl (C=O) groups excluding carboxylic acids is 1. The molecule has 84 valence electrons. The van der Waals surface area contributed by atoms with Crippen molar-refractivity contribution in [2.45, 2.75) is 25.3 Å². The molecule has 0 bridgehead atoms. The van der Waals surface area contributed by atoms with Crippen LogP contribution >= 0.6 is 11.6 Å². The summed E-state index contributed by atoms with van der Waals surface area (Å²) in [5, 5.41) is 3.05. The number of rotatable bonds is 0. The van der Waals surface area contributed by atoms with Crippen LogP contribution in [0.15, 0.2) is 6.20 Å². The first-order valence-corrected chi connectivity index (χ1v) is 5.61. The second-order valence-corrected chi connectivity index (χ2v) is 4.70. The molecule has 0 spiro atoms. The van der Waals surface area contributed by atoms with Gasteiger partial charge < -0.3 is 10.2 Å². The number of carbonyl (C=O) groups is 1. The number of hydrogen-bond acceptors (Lipinski definition) is 4. The Morgan fingerprint density at radius 1 is 1.62 bits per heavy atom. The Labute approximate surface area is 97.8 Å². The van der Waals surface area contributed by atoms with Crippen molar-refractivity contribution in [3.8, 4) is 0 Å². The molecule has 3 heterocycles. The van der Waals surface area contributed by atoms with Crippen LogP contribution in [0.3, 0.4) is 0 Å². The molecule has 0 saturated carbocycles. The quantitative estimate of drug-likeness (QED) is 0.695. The van der Waals surface area contributed by atoms with E-state index >= 15 is 0 Å². The first kappa shape index (κ1) is 9.84. The Balaban J connectivity index is 2.17. The highest BCUT2D eigenvalue weighted by molar-refractivity contribution is 6.28. The SMILES string of the molecule is C[C@@]12CCCN1c1nc(Cl)ncc1NC2=O. The molecule has 1 fully saturated rings. The van der Waals surface area contributed by atoms with E-state index in [1.54, 1.807) is 6.20 Å². The van der Waals surface area contributed by atoms with E-state index < -0.39 is 5.54 Å². The van der Waals surface area contributed by atoms with Crippen LogP contribution in [0, 0.1) is 0 Å². The van der Waals surface area contributed by atoms with Gasteiger partial charge in [-0.05, 0) is 31.4 Å². The fourth-order valence-corrected chi connectivity index (χ4v) is 2.57. The molecule has 1 N–H and O–H groups in total.